The van der Waals surface area contributed by atoms with Crippen LogP contribution in [-0.4, -0.2) is 11.8 Å². The smallest absolute Gasteiger partial charge is 0.256 e. The lowest BCUT2D eigenvalue weighted by Crippen LogP contribution is -2.27. The molecule has 0 atom stereocenters. The lowest BCUT2D eigenvalue weighted by molar-refractivity contribution is 0.101. The zero-order valence-corrected chi connectivity index (χ0v) is 20.9. The van der Waals surface area contributed by atoms with Gasteiger partial charge in [-0.3, -0.25) is 9.59 Å². The summed E-state index contributed by atoms with van der Waals surface area (Å²) in [5.41, 5.74) is 2.22. The Morgan fingerprint density at radius 2 is 0.892 bits per heavy atom. The van der Waals surface area contributed by atoms with Crippen molar-refractivity contribution in [2.24, 2.45) is 0 Å². The molecule has 0 saturated heterocycles. The highest BCUT2D eigenvalue weighted by Gasteiger charge is 2.22. The summed E-state index contributed by atoms with van der Waals surface area (Å²) in [4.78, 5) is 26.5. The van der Waals surface area contributed by atoms with Crippen molar-refractivity contribution in [2.45, 2.75) is 0 Å². The highest BCUT2D eigenvalue weighted by atomic mass is 31.1. The molecule has 2 N–H and O–H groups in total. The lowest BCUT2D eigenvalue weighted by Gasteiger charge is -2.22. The second-order valence-electron chi connectivity index (χ2n) is 8.34. The Bertz CT molecular complexity index is 1470. The first-order valence-electron chi connectivity index (χ1n) is 12.0. The van der Waals surface area contributed by atoms with E-state index in [1.165, 1.54) is 10.6 Å². The van der Waals surface area contributed by atoms with E-state index in [-0.39, 0.29) is 11.8 Å². The topological polar surface area (TPSA) is 58.2 Å². The first kappa shape index (κ1) is 24.2. The van der Waals surface area contributed by atoms with Gasteiger partial charge in [0.05, 0.1) is 11.4 Å². The summed E-state index contributed by atoms with van der Waals surface area (Å²) in [6.45, 7) is 0. The van der Waals surface area contributed by atoms with Crippen LogP contribution in [0.1, 0.15) is 20.7 Å². The zero-order chi connectivity index (χ0) is 25.5. The molecule has 0 aliphatic heterocycles. The number of para-hydroxylation sites is 2. The van der Waals surface area contributed by atoms with Gasteiger partial charge >= 0.3 is 0 Å². The van der Waals surface area contributed by atoms with E-state index in [0.29, 0.717) is 22.5 Å². The average Bonchev–Trinajstić information content (AvgIpc) is 2.96. The number of hydrogen-bond donors (Lipinski definition) is 2. The number of carbonyl (C=O) groups excluding carboxylic acids is 2. The summed E-state index contributed by atoms with van der Waals surface area (Å²) in [5, 5.41) is 9.26. The third kappa shape index (κ3) is 5.66. The van der Waals surface area contributed by atoms with E-state index >= 15 is 0 Å². The first-order chi connectivity index (χ1) is 18.2. The van der Waals surface area contributed by atoms with Crippen molar-refractivity contribution >= 4 is 47.0 Å². The van der Waals surface area contributed by atoms with Crippen LogP contribution in [0.2, 0.25) is 0 Å². The van der Waals surface area contributed by atoms with E-state index in [1.807, 2.05) is 91.0 Å². The van der Waals surface area contributed by atoms with Gasteiger partial charge in [-0.05, 0) is 54.2 Å². The first-order valence-corrected chi connectivity index (χ1v) is 13.3. The van der Waals surface area contributed by atoms with Crippen molar-refractivity contribution in [1.82, 2.24) is 0 Å². The van der Waals surface area contributed by atoms with Crippen molar-refractivity contribution in [3.63, 3.8) is 0 Å². The largest absolute Gasteiger partial charge is 0.320 e. The molecule has 5 aromatic rings. The van der Waals surface area contributed by atoms with Gasteiger partial charge in [0.25, 0.3) is 11.8 Å². The van der Waals surface area contributed by atoms with Crippen molar-refractivity contribution in [3.05, 3.63) is 151 Å². The van der Waals surface area contributed by atoms with Gasteiger partial charge in [0.15, 0.2) is 0 Å². The van der Waals surface area contributed by atoms with Crippen LogP contribution >= 0.6 is 7.92 Å². The van der Waals surface area contributed by atoms with Crippen LogP contribution in [0, 0.1) is 0 Å². The van der Waals surface area contributed by atoms with Gasteiger partial charge in [0.2, 0.25) is 0 Å². The summed E-state index contributed by atoms with van der Waals surface area (Å²) in [6.07, 6.45) is 0. The molecule has 0 aliphatic carbocycles. The highest BCUT2D eigenvalue weighted by Crippen LogP contribution is 2.34. The Balaban J connectivity index is 1.47. The maximum absolute atomic E-state index is 13.7. The van der Waals surface area contributed by atoms with Crippen molar-refractivity contribution in [1.29, 1.82) is 0 Å². The summed E-state index contributed by atoms with van der Waals surface area (Å²) in [6, 6.07) is 44.5. The molecule has 180 valence electrons. The van der Waals surface area contributed by atoms with Crippen LogP contribution in [0.5, 0.6) is 0 Å². The molecule has 0 aliphatic rings. The van der Waals surface area contributed by atoms with Gasteiger partial charge in [0.1, 0.15) is 0 Å². The van der Waals surface area contributed by atoms with E-state index in [1.54, 1.807) is 24.3 Å². The van der Waals surface area contributed by atoms with Gasteiger partial charge in [-0.1, -0.05) is 109 Å². The molecule has 2 amide bonds. The summed E-state index contributed by atoms with van der Waals surface area (Å²) >= 11 is 0. The van der Waals surface area contributed by atoms with Crippen LogP contribution in [0.4, 0.5) is 11.4 Å². The third-order valence-corrected chi connectivity index (χ3v) is 8.38. The molecule has 5 rings (SSSR count). The van der Waals surface area contributed by atoms with Gasteiger partial charge in [0, 0.05) is 11.1 Å². The van der Waals surface area contributed by atoms with E-state index in [0.717, 1.165) is 5.30 Å². The van der Waals surface area contributed by atoms with E-state index in [9.17, 15) is 9.59 Å². The molecule has 0 fully saturated rings. The maximum Gasteiger partial charge on any atom is 0.256 e. The number of carbonyl (C=O) groups is 2. The number of benzene rings is 5. The van der Waals surface area contributed by atoms with E-state index in [2.05, 4.69) is 34.9 Å². The predicted molar refractivity (Wildman–Crippen MR) is 154 cm³/mol. The Labute approximate surface area is 217 Å². The molecule has 0 radical (unpaired) electrons. The molecular weight excluding hydrogens is 475 g/mol. The number of rotatable bonds is 7. The summed E-state index contributed by atoms with van der Waals surface area (Å²) < 4.78 is 0. The average molecular weight is 501 g/mol. The van der Waals surface area contributed by atoms with E-state index in [4.69, 9.17) is 0 Å². The number of nitrogens with one attached hydrogen (secondary N) is 2. The van der Waals surface area contributed by atoms with Crippen molar-refractivity contribution in [2.75, 3.05) is 10.6 Å². The quantitative estimate of drug-likeness (QED) is 0.272. The number of anilines is 2. The number of amides is 2. The minimum atomic E-state index is -0.956. The second-order valence-corrected chi connectivity index (χ2v) is 10.5. The second kappa shape index (κ2) is 11.5. The Morgan fingerprint density at radius 1 is 0.459 bits per heavy atom. The monoisotopic (exact) mass is 500 g/mol. The molecule has 0 heterocycles. The molecule has 0 aromatic heterocycles. The SMILES string of the molecule is O=C(Nc1ccccc1NC(=O)c1ccccc1P(c1ccccc1)c1ccccc1)c1ccccc1. The molecular formula is C32H25N2O2P. The van der Waals surface area contributed by atoms with Gasteiger partial charge in [-0.25, -0.2) is 0 Å². The fourth-order valence-corrected chi connectivity index (χ4v) is 6.56. The minimum absolute atomic E-state index is 0.226. The van der Waals surface area contributed by atoms with Crippen LogP contribution in [0.15, 0.2) is 140 Å². The standard InChI is InChI=1S/C32H25N2O2P/c35-31(24-14-4-1-5-15-24)33-28-21-11-12-22-29(28)34-32(36)27-20-10-13-23-30(27)37(25-16-6-2-7-17-25)26-18-8-3-9-19-26/h1-23H,(H,33,35)(H,34,36). The van der Waals surface area contributed by atoms with Crippen LogP contribution < -0.4 is 26.5 Å². The third-order valence-electron chi connectivity index (χ3n) is 5.88. The molecule has 5 aromatic carbocycles. The molecule has 37 heavy (non-hydrogen) atoms. The maximum atomic E-state index is 13.7. The molecule has 0 bridgehead atoms. The van der Waals surface area contributed by atoms with Crippen LogP contribution in [-0.2, 0) is 0 Å². The zero-order valence-electron chi connectivity index (χ0n) is 20.0. The van der Waals surface area contributed by atoms with Crippen molar-refractivity contribution < 1.29 is 9.59 Å². The lowest BCUT2D eigenvalue weighted by atomic mass is 10.2. The van der Waals surface area contributed by atoms with Gasteiger partial charge in [-0.15, -0.1) is 0 Å². The Morgan fingerprint density at radius 3 is 1.46 bits per heavy atom. The molecule has 5 heteroatoms. The summed E-state index contributed by atoms with van der Waals surface area (Å²) in [5.74, 6) is -0.462. The van der Waals surface area contributed by atoms with Crippen LogP contribution in [0.25, 0.3) is 0 Å². The van der Waals surface area contributed by atoms with Gasteiger partial charge in [-0.2, -0.15) is 0 Å². The normalized spacial score (nSPS) is 10.6. The molecule has 0 saturated carbocycles. The van der Waals surface area contributed by atoms with Crippen LogP contribution in [0.3, 0.4) is 0 Å². The Kier molecular flexibility index (Phi) is 7.50. The molecule has 0 unspecified atom stereocenters. The van der Waals surface area contributed by atoms with E-state index < -0.39 is 7.92 Å². The number of hydrogen-bond acceptors (Lipinski definition) is 2. The summed E-state index contributed by atoms with van der Waals surface area (Å²) in [7, 11) is -0.956. The predicted octanol–water partition coefficient (Wildman–Crippen LogP) is 5.95. The van der Waals surface area contributed by atoms with Crippen molar-refractivity contribution in [3.8, 4) is 0 Å². The fourth-order valence-electron chi connectivity index (χ4n) is 4.12. The fraction of sp³-hybridized carbons (Fsp3) is 0. The minimum Gasteiger partial charge on any atom is -0.320 e. The molecule has 0 spiro atoms. The highest BCUT2D eigenvalue weighted by molar-refractivity contribution is 7.80. The van der Waals surface area contributed by atoms with Gasteiger partial charge < -0.3 is 10.6 Å². The molecule has 4 nitrogen and oxygen atoms in total. The Hall–Kier alpha value is -4.53.